The van der Waals surface area contributed by atoms with E-state index < -0.39 is 10.0 Å². The van der Waals surface area contributed by atoms with E-state index in [1.807, 2.05) is 53.4 Å². The summed E-state index contributed by atoms with van der Waals surface area (Å²) in [6, 6.07) is 15.0. The van der Waals surface area contributed by atoms with Crippen LogP contribution in [-0.4, -0.2) is 51.2 Å². The first kappa shape index (κ1) is 24.8. The molecule has 4 rings (SSSR count). The summed E-state index contributed by atoms with van der Waals surface area (Å²) in [5, 5.41) is 0.679. The number of halogens is 2. The fraction of sp³-hybridized carbons (Fsp3) is 0.435. The molecule has 1 saturated heterocycles. The first-order valence-corrected chi connectivity index (χ1v) is 12.8. The Balaban J connectivity index is 0.00000289. The van der Waals surface area contributed by atoms with E-state index in [0.29, 0.717) is 37.5 Å². The molecule has 1 spiro atoms. The molecule has 0 radical (unpaired) electrons. The third-order valence-electron chi connectivity index (χ3n) is 6.51. The number of carbonyl (C=O) groups is 1. The Kier molecular flexibility index (Phi) is 7.44. The van der Waals surface area contributed by atoms with Crippen LogP contribution >= 0.6 is 24.0 Å². The fourth-order valence-corrected chi connectivity index (χ4v) is 5.97. The summed E-state index contributed by atoms with van der Waals surface area (Å²) in [4.78, 5) is 14.7. The van der Waals surface area contributed by atoms with Crippen LogP contribution in [0.4, 0.5) is 5.69 Å². The molecule has 2 aliphatic heterocycles. The van der Waals surface area contributed by atoms with Crippen molar-refractivity contribution < 1.29 is 13.2 Å². The molecule has 2 N–H and O–H groups in total. The lowest BCUT2D eigenvalue weighted by molar-refractivity contribution is -0.133. The lowest BCUT2D eigenvalue weighted by atomic mass is 9.74. The van der Waals surface area contributed by atoms with Crippen LogP contribution in [0.15, 0.2) is 48.5 Å². The quantitative estimate of drug-likeness (QED) is 0.686. The molecule has 174 valence electrons. The maximum atomic E-state index is 12.8. The lowest BCUT2D eigenvalue weighted by Crippen LogP contribution is -2.48. The van der Waals surface area contributed by atoms with Crippen molar-refractivity contribution in [2.45, 2.75) is 37.1 Å². The first-order chi connectivity index (χ1) is 14.7. The predicted octanol–water partition coefficient (Wildman–Crippen LogP) is 3.36. The molecule has 32 heavy (non-hydrogen) atoms. The van der Waals surface area contributed by atoms with Crippen LogP contribution in [-0.2, 0) is 26.7 Å². The van der Waals surface area contributed by atoms with Crippen molar-refractivity contribution in [3.63, 3.8) is 0 Å². The fourth-order valence-electron chi connectivity index (χ4n) is 4.84. The van der Waals surface area contributed by atoms with Gasteiger partial charge in [0.25, 0.3) is 0 Å². The SMILES string of the molecule is CS(=O)(=O)N1CC2(CCN(C(=O)C[C@@H](N)Cc3ccc(Cl)cc3)CC2)c2ccccc21.Cl. The van der Waals surface area contributed by atoms with Gasteiger partial charge in [-0.3, -0.25) is 9.10 Å². The van der Waals surface area contributed by atoms with Crippen molar-refractivity contribution in [1.82, 2.24) is 4.90 Å². The van der Waals surface area contributed by atoms with Gasteiger partial charge in [0.1, 0.15) is 0 Å². The van der Waals surface area contributed by atoms with Gasteiger partial charge in [0.2, 0.25) is 15.9 Å². The van der Waals surface area contributed by atoms with Gasteiger partial charge in [0, 0.05) is 42.5 Å². The number of nitrogens with two attached hydrogens (primary N) is 1. The number of nitrogens with zero attached hydrogens (tertiary/aromatic N) is 2. The van der Waals surface area contributed by atoms with Crippen molar-refractivity contribution in [3.8, 4) is 0 Å². The van der Waals surface area contributed by atoms with Gasteiger partial charge in [0.05, 0.1) is 11.9 Å². The molecule has 0 unspecified atom stereocenters. The number of piperidine rings is 1. The molecule has 0 saturated carbocycles. The number of para-hydroxylation sites is 1. The van der Waals surface area contributed by atoms with Gasteiger partial charge in [-0.05, 0) is 48.6 Å². The molecule has 0 bridgehead atoms. The van der Waals surface area contributed by atoms with Crippen molar-refractivity contribution >= 4 is 45.6 Å². The van der Waals surface area contributed by atoms with E-state index in [2.05, 4.69) is 0 Å². The van der Waals surface area contributed by atoms with Crippen LogP contribution < -0.4 is 10.0 Å². The van der Waals surface area contributed by atoms with E-state index >= 15 is 0 Å². The van der Waals surface area contributed by atoms with E-state index in [1.54, 1.807) is 0 Å². The monoisotopic (exact) mass is 497 g/mol. The highest BCUT2D eigenvalue weighted by atomic mass is 35.5. The summed E-state index contributed by atoms with van der Waals surface area (Å²) in [6.45, 7) is 1.67. The van der Waals surface area contributed by atoms with Crippen molar-refractivity contribution in [3.05, 3.63) is 64.7 Å². The largest absolute Gasteiger partial charge is 0.343 e. The second-order valence-electron chi connectivity index (χ2n) is 8.74. The third kappa shape index (κ3) is 5.06. The minimum absolute atomic E-state index is 0. The minimum Gasteiger partial charge on any atom is -0.343 e. The molecular formula is C23H29Cl2N3O3S. The minimum atomic E-state index is -3.34. The molecule has 2 aromatic carbocycles. The van der Waals surface area contributed by atoms with E-state index in [4.69, 9.17) is 17.3 Å². The summed E-state index contributed by atoms with van der Waals surface area (Å²) >= 11 is 5.92. The Morgan fingerprint density at radius 3 is 2.38 bits per heavy atom. The highest BCUT2D eigenvalue weighted by Gasteiger charge is 2.47. The molecule has 1 amide bonds. The summed E-state index contributed by atoms with van der Waals surface area (Å²) in [5.41, 5.74) is 8.92. The number of anilines is 1. The van der Waals surface area contributed by atoms with Crippen LogP contribution in [0, 0.1) is 0 Å². The molecule has 2 aliphatic rings. The Hall–Kier alpha value is -1.80. The molecule has 1 fully saturated rings. The van der Waals surface area contributed by atoms with Gasteiger partial charge in [-0.2, -0.15) is 0 Å². The van der Waals surface area contributed by atoms with Crippen LogP contribution in [0.2, 0.25) is 5.02 Å². The molecular weight excluding hydrogens is 469 g/mol. The average molecular weight is 498 g/mol. The third-order valence-corrected chi connectivity index (χ3v) is 7.89. The second kappa shape index (κ2) is 9.59. The van der Waals surface area contributed by atoms with E-state index in [9.17, 15) is 13.2 Å². The highest BCUT2D eigenvalue weighted by molar-refractivity contribution is 7.92. The highest BCUT2D eigenvalue weighted by Crippen LogP contribution is 2.47. The van der Waals surface area contributed by atoms with Crippen LogP contribution in [0.25, 0.3) is 0 Å². The number of amides is 1. The number of hydrogen-bond donors (Lipinski definition) is 1. The summed E-state index contributed by atoms with van der Waals surface area (Å²) in [7, 11) is -3.34. The normalized spacial score (nSPS) is 18.2. The first-order valence-electron chi connectivity index (χ1n) is 10.5. The smallest absolute Gasteiger partial charge is 0.232 e. The molecule has 0 aliphatic carbocycles. The van der Waals surface area contributed by atoms with Gasteiger partial charge >= 0.3 is 0 Å². The zero-order valence-electron chi connectivity index (χ0n) is 18.0. The van der Waals surface area contributed by atoms with Gasteiger partial charge in [-0.1, -0.05) is 41.9 Å². The second-order valence-corrected chi connectivity index (χ2v) is 11.1. The van der Waals surface area contributed by atoms with E-state index in [0.717, 1.165) is 29.7 Å². The number of carbonyl (C=O) groups excluding carboxylic acids is 1. The number of sulfonamides is 1. The van der Waals surface area contributed by atoms with Crippen LogP contribution in [0.5, 0.6) is 0 Å². The summed E-state index contributed by atoms with van der Waals surface area (Å²) in [6.07, 6.45) is 3.66. The zero-order valence-corrected chi connectivity index (χ0v) is 20.4. The molecule has 2 aromatic rings. The van der Waals surface area contributed by atoms with E-state index in [-0.39, 0.29) is 29.8 Å². The molecule has 6 nitrogen and oxygen atoms in total. The van der Waals surface area contributed by atoms with Gasteiger partial charge in [0.15, 0.2) is 0 Å². The van der Waals surface area contributed by atoms with Gasteiger partial charge in [-0.25, -0.2) is 8.42 Å². The standard InChI is InChI=1S/C23H28ClN3O3S.ClH/c1-31(29,30)27-16-23(20-4-2-3-5-21(20)27)10-12-26(13-11-23)22(28)15-19(25)14-17-6-8-18(24)9-7-17;/h2-9,19H,10-16,25H2,1H3;1H/t19-;/m0./s1. The predicted molar refractivity (Wildman–Crippen MR) is 131 cm³/mol. The van der Waals surface area contributed by atoms with Crippen LogP contribution in [0.3, 0.4) is 0 Å². The molecule has 1 atom stereocenters. The topological polar surface area (TPSA) is 83.7 Å². The number of benzene rings is 2. The average Bonchev–Trinajstić information content (AvgIpc) is 3.05. The van der Waals surface area contributed by atoms with Crippen molar-refractivity contribution in [2.24, 2.45) is 5.73 Å². The lowest BCUT2D eigenvalue weighted by Gasteiger charge is -2.40. The van der Waals surface area contributed by atoms with E-state index in [1.165, 1.54) is 10.6 Å². The summed E-state index contributed by atoms with van der Waals surface area (Å²) in [5.74, 6) is 0.0579. The molecule has 2 heterocycles. The Labute approximate surface area is 201 Å². The zero-order chi connectivity index (χ0) is 22.2. The van der Waals surface area contributed by atoms with Gasteiger partial charge < -0.3 is 10.6 Å². The molecule has 9 heteroatoms. The Morgan fingerprint density at radius 2 is 1.75 bits per heavy atom. The number of rotatable bonds is 5. The number of likely N-dealkylation sites (tertiary alicyclic amines) is 1. The van der Waals surface area contributed by atoms with Crippen molar-refractivity contribution in [1.29, 1.82) is 0 Å². The Bertz CT molecular complexity index is 1070. The maximum Gasteiger partial charge on any atom is 0.232 e. The molecule has 0 aromatic heterocycles. The Morgan fingerprint density at radius 1 is 1.12 bits per heavy atom. The summed E-state index contributed by atoms with van der Waals surface area (Å²) < 4.78 is 26.2. The van der Waals surface area contributed by atoms with Crippen molar-refractivity contribution in [2.75, 3.05) is 30.2 Å². The number of hydrogen-bond acceptors (Lipinski definition) is 4. The number of fused-ring (bicyclic) bond motifs is 2. The van der Waals surface area contributed by atoms with Crippen LogP contribution in [0.1, 0.15) is 30.4 Å². The maximum absolute atomic E-state index is 12.8. The van der Waals surface area contributed by atoms with Gasteiger partial charge in [-0.15, -0.1) is 12.4 Å².